The monoisotopic (exact) mass is 254 g/mol. The van der Waals surface area contributed by atoms with Gasteiger partial charge < -0.3 is 10.2 Å². The second-order valence-corrected chi connectivity index (χ2v) is 5.78. The SMILES string of the molecule is CC(C)C(=O)[C@@H](NC(=O)N1CCCCC1)C(C)C. The Bertz CT molecular complexity index is 294. The normalized spacial score (nSPS) is 18.0. The van der Waals surface area contributed by atoms with Gasteiger partial charge in [-0.25, -0.2) is 4.79 Å². The highest BCUT2D eigenvalue weighted by molar-refractivity contribution is 5.90. The highest BCUT2D eigenvalue weighted by atomic mass is 16.2. The lowest BCUT2D eigenvalue weighted by molar-refractivity contribution is -0.124. The quantitative estimate of drug-likeness (QED) is 0.837. The fraction of sp³-hybridized carbons (Fsp3) is 0.857. The smallest absolute Gasteiger partial charge is 0.317 e. The van der Waals surface area contributed by atoms with Crippen molar-refractivity contribution in [3.8, 4) is 0 Å². The molecule has 1 aliphatic rings. The summed E-state index contributed by atoms with van der Waals surface area (Å²) < 4.78 is 0. The van der Waals surface area contributed by atoms with Crippen LogP contribution in [0, 0.1) is 11.8 Å². The van der Waals surface area contributed by atoms with Crippen molar-refractivity contribution in [2.45, 2.75) is 53.0 Å². The predicted molar refractivity (Wildman–Crippen MR) is 72.4 cm³/mol. The molecule has 18 heavy (non-hydrogen) atoms. The van der Waals surface area contributed by atoms with Gasteiger partial charge in [0, 0.05) is 19.0 Å². The van der Waals surface area contributed by atoms with Gasteiger partial charge in [-0.15, -0.1) is 0 Å². The topological polar surface area (TPSA) is 49.4 Å². The van der Waals surface area contributed by atoms with Crippen LogP contribution in [0.1, 0.15) is 47.0 Å². The number of amides is 2. The Morgan fingerprint density at radius 2 is 1.56 bits per heavy atom. The van der Waals surface area contributed by atoms with Crippen LogP contribution in [0.15, 0.2) is 0 Å². The molecule has 1 rings (SSSR count). The van der Waals surface area contributed by atoms with Gasteiger partial charge in [-0.3, -0.25) is 4.79 Å². The number of carbonyl (C=O) groups is 2. The number of likely N-dealkylation sites (tertiary alicyclic amines) is 1. The maximum Gasteiger partial charge on any atom is 0.317 e. The number of Topliss-reactive ketones (excluding diaryl/α,β-unsaturated/α-hetero) is 1. The number of carbonyl (C=O) groups excluding carboxylic acids is 2. The third-order valence-corrected chi connectivity index (χ3v) is 3.46. The molecule has 0 aromatic rings. The van der Waals surface area contributed by atoms with Crippen LogP contribution in [-0.4, -0.2) is 35.8 Å². The summed E-state index contributed by atoms with van der Waals surface area (Å²) in [6.45, 7) is 9.33. The molecule has 104 valence electrons. The number of hydrogen-bond donors (Lipinski definition) is 1. The Labute approximate surface area is 110 Å². The van der Waals surface area contributed by atoms with Crippen molar-refractivity contribution in [2.75, 3.05) is 13.1 Å². The molecule has 0 aromatic carbocycles. The number of urea groups is 1. The number of nitrogens with zero attached hydrogens (tertiary/aromatic N) is 1. The van der Waals surface area contributed by atoms with Gasteiger partial charge in [0.1, 0.15) is 0 Å². The summed E-state index contributed by atoms with van der Waals surface area (Å²) >= 11 is 0. The van der Waals surface area contributed by atoms with Crippen molar-refractivity contribution in [3.63, 3.8) is 0 Å². The molecule has 4 nitrogen and oxygen atoms in total. The Kier molecular flexibility index (Phi) is 5.63. The lowest BCUT2D eigenvalue weighted by Gasteiger charge is -2.30. The van der Waals surface area contributed by atoms with Gasteiger partial charge >= 0.3 is 6.03 Å². The zero-order valence-electron chi connectivity index (χ0n) is 12.0. The summed E-state index contributed by atoms with van der Waals surface area (Å²) in [6.07, 6.45) is 3.33. The number of piperidine rings is 1. The van der Waals surface area contributed by atoms with E-state index in [0.717, 1.165) is 25.9 Å². The second-order valence-electron chi connectivity index (χ2n) is 5.78. The fourth-order valence-electron chi connectivity index (χ4n) is 2.25. The minimum atomic E-state index is -0.362. The summed E-state index contributed by atoms with van der Waals surface area (Å²) in [6, 6.07) is -0.443. The van der Waals surface area contributed by atoms with Gasteiger partial charge in [-0.2, -0.15) is 0 Å². The minimum Gasteiger partial charge on any atom is -0.328 e. The molecule has 1 saturated heterocycles. The van der Waals surface area contributed by atoms with E-state index in [0.29, 0.717) is 0 Å². The summed E-state index contributed by atoms with van der Waals surface area (Å²) in [4.78, 5) is 26.0. The van der Waals surface area contributed by atoms with E-state index in [-0.39, 0.29) is 29.7 Å². The van der Waals surface area contributed by atoms with Crippen LogP contribution in [0.3, 0.4) is 0 Å². The van der Waals surface area contributed by atoms with E-state index >= 15 is 0 Å². The third-order valence-electron chi connectivity index (χ3n) is 3.46. The van der Waals surface area contributed by atoms with E-state index in [4.69, 9.17) is 0 Å². The summed E-state index contributed by atoms with van der Waals surface area (Å²) in [5.41, 5.74) is 0. The summed E-state index contributed by atoms with van der Waals surface area (Å²) in [7, 11) is 0. The number of nitrogens with one attached hydrogen (secondary N) is 1. The molecule has 1 heterocycles. The molecule has 0 radical (unpaired) electrons. The van der Waals surface area contributed by atoms with Crippen LogP contribution in [0.25, 0.3) is 0 Å². The molecule has 1 N–H and O–H groups in total. The second kappa shape index (κ2) is 6.76. The molecule has 0 bridgehead atoms. The molecule has 1 fully saturated rings. The van der Waals surface area contributed by atoms with Crippen molar-refractivity contribution >= 4 is 11.8 Å². The van der Waals surface area contributed by atoms with Crippen molar-refractivity contribution in [1.29, 1.82) is 0 Å². The summed E-state index contributed by atoms with van der Waals surface area (Å²) in [5.74, 6) is 0.211. The van der Waals surface area contributed by atoms with E-state index in [9.17, 15) is 9.59 Å². The predicted octanol–water partition coefficient (Wildman–Crippen LogP) is 2.43. The van der Waals surface area contributed by atoms with Crippen molar-refractivity contribution in [2.24, 2.45) is 11.8 Å². The Balaban J connectivity index is 2.60. The molecule has 1 aliphatic heterocycles. The first-order valence-electron chi connectivity index (χ1n) is 7.02. The molecule has 0 spiro atoms. The molecular weight excluding hydrogens is 228 g/mol. The van der Waals surface area contributed by atoms with Crippen LogP contribution in [0.2, 0.25) is 0 Å². The number of hydrogen-bond acceptors (Lipinski definition) is 2. The Hall–Kier alpha value is -1.06. The first-order valence-corrected chi connectivity index (χ1v) is 7.02. The lowest BCUT2D eigenvalue weighted by atomic mass is 9.93. The molecule has 2 amide bonds. The summed E-state index contributed by atoms with van der Waals surface area (Å²) in [5, 5.41) is 2.90. The van der Waals surface area contributed by atoms with Crippen LogP contribution in [0.5, 0.6) is 0 Å². The van der Waals surface area contributed by atoms with Gasteiger partial charge in [-0.05, 0) is 25.2 Å². The molecule has 0 saturated carbocycles. The first-order chi connectivity index (χ1) is 8.43. The van der Waals surface area contributed by atoms with E-state index < -0.39 is 0 Å². The standard InChI is InChI=1S/C14H26N2O2/c1-10(2)12(13(17)11(3)4)15-14(18)16-8-6-5-7-9-16/h10-12H,5-9H2,1-4H3,(H,15,18)/t12-/m0/s1. The van der Waals surface area contributed by atoms with Gasteiger partial charge in [0.15, 0.2) is 5.78 Å². The van der Waals surface area contributed by atoms with Crippen molar-refractivity contribution in [3.05, 3.63) is 0 Å². The van der Waals surface area contributed by atoms with Crippen LogP contribution < -0.4 is 5.32 Å². The third kappa shape index (κ3) is 4.00. The molecule has 0 aliphatic carbocycles. The van der Waals surface area contributed by atoms with Crippen LogP contribution in [0.4, 0.5) is 4.79 Å². The largest absolute Gasteiger partial charge is 0.328 e. The van der Waals surface area contributed by atoms with Gasteiger partial charge in [-0.1, -0.05) is 27.7 Å². The van der Waals surface area contributed by atoms with Crippen LogP contribution in [-0.2, 0) is 4.79 Å². The van der Waals surface area contributed by atoms with Gasteiger partial charge in [0.05, 0.1) is 6.04 Å². The average Bonchev–Trinajstić information content (AvgIpc) is 2.35. The lowest BCUT2D eigenvalue weighted by Crippen LogP contribution is -2.52. The average molecular weight is 254 g/mol. The molecule has 0 aromatic heterocycles. The molecular formula is C14H26N2O2. The van der Waals surface area contributed by atoms with E-state index in [1.165, 1.54) is 6.42 Å². The Morgan fingerprint density at radius 3 is 2.00 bits per heavy atom. The van der Waals surface area contributed by atoms with Crippen molar-refractivity contribution in [1.82, 2.24) is 10.2 Å². The molecule has 0 unspecified atom stereocenters. The zero-order chi connectivity index (χ0) is 13.7. The van der Waals surface area contributed by atoms with E-state index in [1.54, 1.807) is 0 Å². The van der Waals surface area contributed by atoms with Gasteiger partial charge in [0.25, 0.3) is 0 Å². The first kappa shape index (κ1) is 15.0. The molecule has 4 heteroatoms. The van der Waals surface area contributed by atoms with E-state index in [2.05, 4.69) is 5.32 Å². The zero-order valence-corrected chi connectivity index (χ0v) is 12.0. The Morgan fingerprint density at radius 1 is 1.00 bits per heavy atom. The number of ketones is 1. The fourth-order valence-corrected chi connectivity index (χ4v) is 2.25. The highest BCUT2D eigenvalue weighted by Gasteiger charge is 2.28. The number of rotatable bonds is 4. The van der Waals surface area contributed by atoms with Crippen molar-refractivity contribution < 1.29 is 9.59 Å². The minimum absolute atomic E-state index is 0.0425. The molecule has 1 atom stereocenters. The maximum absolute atomic E-state index is 12.1. The van der Waals surface area contributed by atoms with Gasteiger partial charge in [0.2, 0.25) is 0 Å². The van der Waals surface area contributed by atoms with E-state index in [1.807, 2.05) is 32.6 Å². The van der Waals surface area contributed by atoms with Crippen LogP contribution >= 0.6 is 0 Å². The maximum atomic E-state index is 12.1. The highest BCUT2D eigenvalue weighted by Crippen LogP contribution is 2.12.